The molecule has 0 spiro atoms. The Bertz CT molecular complexity index is 810. The lowest BCUT2D eigenvalue weighted by Crippen LogP contribution is -2.37. The standard InChI is InChI=1S/C22H26N2OS/c1-3-17(2)24(16-18-10-5-4-6-11-18)22(25)15-9-14-21-23-19-12-7-8-13-20(19)26-21/h4-8,10-13,17H,3,9,14-16H2,1-2H3. The quantitative estimate of drug-likeness (QED) is 0.531. The molecule has 2 aromatic carbocycles. The number of hydrogen-bond acceptors (Lipinski definition) is 3. The molecule has 26 heavy (non-hydrogen) atoms. The van der Waals surface area contributed by atoms with Crippen molar-refractivity contribution in [2.75, 3.05) is 0 Å². The van der Waals surface area contributed by atoms with Crippen LogP contribution in [0.2, 0.25) is 0 Å². The van der Waals surface area contributed by atoms with Crippen molar-refractivity contribution in [1.82, 2.24) is 9.88 Å². The fourth-order valence-electron chi connectivity index (χ4n) is 3.05. The molecule has 136 valence electrons. The lowest BCUT2D eigenvalue weighted by molar-refractivity contribution is -0.134. The fourth-order valence-corrected chi connectivity index (χ4v) is 4.06. The number of carbonyl (C=O) groups is 1. The molecule has 4 heteroatoms. The van der Waals surface area contributed by atoms with E-state index in [9.17, 15) is 4.79 Å². The van der Waals surface area contributed by atoms with Gasteiger partial charge >= 0.3 is 0 Å². The first-order valence-corrected chi connectivity index (χ1v) is 10.2. The van der Waals surface area contributed by atoms with E-state index in [1.165, 1.54) is 10.3 Å². The molecular weight excluding hydrogens is 340 g/mol. The lowest BCUT2D eigenvalue weighted by Gasteiger charge is -2.29. The van der Waals surface area contributed by atoms with Gasteiger partial charge in [-0.05, 0) is 43.9 Å². The van der Waals surface area contributed by atoms with Gasteiger partial charge in [-0.2, -0.15) is 0 Å². The van der Waals surface area contributed by atoms with Crippen LogP contribution in [0.3, 0.4) is 0 Å². The van der Waals surface area contributed by atoms with Crippen LogP contribution in [-0.4, -0.2) is 21.8 Å². The van der Waals surface area contributed by atoms with Crippen LogP contribution >= 0.6 is 11.3 Å². The van der Waals surface area contributed by atoms with Crippen LogP contribution in [0.1, 0.15) is 43.7 Å². The molecule has 1 unspecified atom stereocenters. The third-order valence-corrected chi connectivity index (χ3v) is 5.85. The first kappa shape index (κ1) is 18.6. The van der Waals surface area contributed by atoms with Crippen molar-refractivity contribution in [2.45, 2.75) is 52.1 Å². The number of fused-ring (bicyclic) bond motifs is 1. The van der Waals surface area contributed by atoms with Crippen molar-refractivity contribution in [2.24, 2.45) is 0 Å². The summed E-state index contributed by atoms with van der Waals surface area (Å²) in [5.41, 5.74) is 2.25. The third-order valence-electron chi connectivity index (χ3n) is 4.76. The highest BCUT2D eigenvalue weighted by atomic mass is 32.1. The van der Waals surface area contributed by atoms with Crippen LogP contribution in [0.25, 0.3) is 10.2 Å². The van der Waals surface area contributed by atoms with Gasteiger partial charge in [0.05, 0.1) is 15.2 Å². The zero-order valence-electron chi connectivity index (χ0n) is 15.5. The number of benzene rings is 2. The number of hydrogen-bond donors (Lipinski definition) is 0. The predicted octanol–water partition coefficient (Wildman–Crippen LogP) is 5.45. The zero-order chi connectivity index (χ0) is 18.4. The monoisotopic (exact) mass is 366 g/mol. The van der Waals surface area contributed by atoms with Crippen LogP contribution in [0.15, 0.2) is 54.6 Å². The van der Waals surface area contributed by atoms with E-state index in [1.54, 1.807) is 11.3 Å². The van der Waals surface area contributed by atoms with Crippen molar-refractivity contribution in [3.8, 4) is 0 Å². The molecule has 1 aromatic heterocycles. The molecule has 0 fully saturated rings. The number of amides is 1. The molecule has 3 rings (SSSR count). The lowest BCUT2D eigenvalue weighted by atomic mass is 10.1. The average Bonchev–Trinajstić information content (AvgIpc) is 3.09. The van der Waals surface area contributed by atoms with Crippen LogP contribution < -0.4 is 0 Å². The number of aryl methyl sites for hydroxylation is 1. The van der Waals surface area contributed by atoms with E-state index in [4.69, 9.17) is 0 Å². The van der Waals surface area contributed by atoms with Crippen LogP contribution in [0.4, 0.5) is 0 Å². The Hall–Kier alpha value is -2.20. The molecule has 0 N–H and O–H groups in total. The first-order chi connectivity index (χ1) is 12.7. The first-order valence-electron chi connectivity index (χ1n) is 9.35. The Morgan fingerprint density at radius 3 is 2.58 bits per heavy atom. The van der Waals surface area contributed by atoms with E-state index < -0.39 is 0 Å². The molecule has 0 aliphatic rings. The van der Waals surface area contributed by atoms with Crippen molar-refractivity contribution >= 4 is 27.5 Å². The number of nitrogens with zero attached hydrogens (tertiary/aromatic N) is 2. The van der Waals surface area contributed by atoms with Crippen molar-refractivity contribution in [3.63, 3.8) is 0 Å². The van der Waals surface area contributed by atoms with E-state index in [1.807, 2.05) is 41.3 Å². The van der Waals surface area contributed by atoms with Gasteiger partial charge in [0.15, 0.2) is 0 Å². The minimum Gasteiger partial charge on any atom is -0.336 e. The minimum absolute atomic E-state index is 0.240. The Labute approximate surface area is 159 Å². The highest BCUT2D eigenvalue weighted by molar-refractivity contribution is 7.18. The number of carbonyl (C=O) groups excluding carboxylic acids is 1. The van der Waals surface area contributed by atoms with Gasteiger partial charge in [0.1, 0.15) is 0 Å². The summed E-state index contributed by atoms with van der Waals surface area (Å²) in [6.45, 7) is 4.96. The molecule has 3 nitrogen and oxygen atoms in total. The summed E-state index contributed by atoms with van der Waals surface area (Å²) >= 11 is 1.73. The molecule has 0 aliphatic carbocycles. The second-order valence-corrected chi connectivity index (χ2v) is 7.81. The average molecular weight is 367 g/mol. The van der Waals surface area contributed by atoms with Crippen molar-refractivity contribution in [3.05, 3.63) is 65.2 Å². The Morgan fingerprint density at radius 2 is 1.85 bits per heavy atom. The number of para-hydroxylation sites is 1. The van der Waals surface area contributed by atoms with Gasteiger partial charge in [0.2, 0.25) is 5.91 Å². The summed E-state index contributed by atoms with van der Waals surface area (Å²) in [5, 5.41) is 1.12. The highest BCUT2D eigenvalue weighted by Crippen LogP contribution is 2.23. The molecule has 1 amide bonds. The van der Waals surface area contributed by atoms with Crippen LogP contribution in [0, 0.1) is 0 Å². The maximum absolute atomic E-state index is 12.8. The topological polar surface area (TPSA) is 33.2 Å². The van der Waals surface area contributed by atoms with E-state index in [0.29, 0.717) is 13.0 Å². The van der Waals surface area contributed by atoms with E-state index in [-0.39, 0.29) is 11.9 Å². The second kappa shape index (κ2) is 8.95. The SMILES string of the molecule is CCC(C)N(Cc1ccccc1)C(=O)CCCc1nc2ccccc2s1. The maximum atomic E-state index is 12.8. The van der Waals surface area contributed by atoms with Gasteiger partial charge in [0, 0.05) is 19.0 Å². The number of aromatic nitrogens is 1. The second-order valence-electron chi connectivity index (χ2n) is 6.69. The maximum Gasteiger partial charge on any atom is 0.223 e. The van der Waals surface area contributed by atoms with E-state index in [2.05, 4.69) is 37.0 Å². The van der Waals surface area contributed by atoms with Gasteiger partial charge in [-0.1, -0.05) is 49.4 Å². The van der Waals surface area contributed by atoms with Gasteiger partial charge in [0.25, 0.3) is 0 Å². The van der Waals surface area contributed by atoms with Crippen LogP contribution in [-0.2, 0) is 17.8 Å². The molecule has 0 aliphatic heterocycles. The summed E-state index contributed by atoms with van der Waals surface area (Å²) in [5.74, 6) is 0.240. The van der Waals surface area contributed by atoms with Crippen molar-refractivity contribution < 1.29 is 4.79 Å². The zero-order valence-corrected chi connectivity index (χ0v) is 16.3. The number of thiazole rings is 1. The molecule has 0 saturated carbocycles. The molecule has 0 radical (unpaired) electrons. The Kier molecular flexibility index (Phi) is 6.40. The number of rotatable bonds is 8. The molecule has 0 bridgehead atoms. The molecule has 0 saturated heterocycles. The summed E-state index contributed by atoms with van der Waals surface area (Å²) in [6.07, 6.45) is 3.26. The van der Waals surface area contributed by atoms with Gasteiger partial charge < -0.3 is 4.90 Å². The normalized spacial score (nSPS) is 12.2. The largest absolute Gasteiger partial charge is 0.336 e. The molecule has 1 heterocycles. The van der Waals surface area contributed by atoms with Crippen LogP contribution in [0.5, 0.6) is 0 Å². The van der Waals surface area contributed by atoms with E-state index >= 15 is 0 Å². The highest BCUT2D eigenvalue weighted by Gasteiger charge is 2.19. The summed E-state index contributed by atoms with van der Waals surface area (Å²) in [7, 11) is 0. The van der Waals surface area contributed by atoms with Gasteiger partial charge in [-0.25, -0.2) is 4.98 Å². The van der Waals surface area contributed by atoms with Gasteiger partial charge in [-0.3, -0.25) is 4.79 Å². The summed E-state index contributed by atoms with van der Waals surface area (Å²) < 4.78 is 1.22. The summed E-state index contributed by atoms with van der Waals surface area (Å²) in [4.78, 5) is 19.5. The predicted molar refractivity (Wildman–Crippen MR) is 109 cm³/mol. The smallest absolute Gasteiger partial charge is 0.223 e. The molecular formula is C22H26N2OS. The van der Waals surface area contributed by atoms with Crippen molar-refractivity contribution in [1.29, 1.82) is 0 Å². The van der Waals surface area contributed by atoms with E-state index in [0.717, 1.165) is 29.8 Å². The Balaban J connectivity index is 1.58. The minimum atomic E-state index is 0.240. The molecule has 1 atom stereocenters. The fraction of sp³-hybridized carbons (Fsp3) is 0.364. The third kappa shape index (κ3) is 4.70. The summed E-state index contributed by atoms with van der Waals surface area (Å²) in [6, 6.07) is 18.7. The molecule has 3 aromatic rings. The Morgan fingerprint density at radius 1 is 1.12 bits per heavy atom. The van der Waals surface area contributed by atoms with Gasteiger partial charge in [-0.15, -0.1) is 11.3 Å².